The molecule has 1 unspecified atom stereocenters. The number of aliphatic hydroxyl groups excluding tert-OH is 1. The molecule has 0 radical (unpaired) electrons. The second-order valence-corrected chi connectivity index (χ2v) is 4.21. The van der Waals surface area contributed by atoms with Crippen LogP contribution in [0.4, 0.5) is 0 Å². The van der Waals surface area contributed by atoms with Gasteiger partial charge in [-0.1, -0.05) is 20.8 Å². The lowest BCUT2D eigenvalue weighted by atomic mass is 9.78. The van der Waals surface area contributed by atoms with Crippen LogP contribution in [0.15, 0.2) is 16.5 Å². The summed E-state index contributed by atoms with van der Waals surface area (Å²) in [4.78, 5) is 0. The van der Waals surface area contributed by atoms with E-state index in [2.05, 4.69) is 20.8 Å². The molecule has 2 nitrogen and oxygen atoms in total. The molecule has 0 saturated carbocycles. The lowest BCUT2D eigenvalue weighted by Crippen LogP contribution is -2.23. The highest BCUT2D eigenvalue weighted by molar-refractivity contribution is 5.10. The van der Waals surface area contributed by atoms with Gasteiger partial charge in [-0.3, -0.25) is 0 Å². The molecule has 1 aromatic rings. The molecule has 0 aromatic carbocycles. The molecule has 1 heterocycles. The fraction of sp³-hybridized carbons (Fsp3) is 0.667. The third kappa shape index (κ3) is 2.01. The van der Waals surface area contributed by atoms with Gasteiger partial charge >= 0.3 is 0 Å². The van der Waals surface area contributed by atoms with E-state index in [1.165, 1.54) is 0 Å². The Morgan fingerprint density at radius 2 is 1.93 bits per heavy atom. The second-order valence-electron chi connectivity index (χ2n) is 4.21. The SMILES string of the molecule is CCC(C)(CC)C(O)c1ccc(C)o1. The molecule has 0 aliphatic heterocycles. The Morgan fingerprint density at radius 3 is 2.29 bits per heavy atom. The minimum atomic E-state index is -0.494. The summed E-state index contributed by atoms with van der Waals surface area (Å²) in [5, 5.41) is 10.2. The molecule has 0 aliphatic rings. The minimum Gasteiger partial charge on any atom is -0.464 e. The maximum Gasteiger partial charge on any atom is 0.133 e. The van der Waals surface area contributed by atoms with Gasteiger partial charge in [0.05, 0.1) is 0 Å². The molecule has 0 saturated heterocycles. The van der Waals surface area contributed by atoms with E-state index in [-0.39, 0.29) is 5.41 Å². The first-order valence-electron chi connectivity index (χ1n) is 5.28. The van der Waals surface area contributed by atoms with Crippen molar-refractivity contribution in [3.05, 3.63) is 23.7 Å². The largest absolute Gasteiger partial charge is 0.464 e. The van der Waals surface area contributed by atoms with Crippen molar-refractivity contribution in [1.29, 1.82) is 0 Å². The van der Waals surface area contributed by atoms with Crippen molar-refractivity contribution in [3.8, 4) is 0 Å². The van der Waals surface area contributed by atoms with Crippen molar-refractivity contribution in [3.63, 3.8) is 0 Å². The first-order valence-corrected chi connectivity index (χ1v) is 5.28. The lowest BCUT2D eigenvalue weighted by molar-refractivity contribution is 0.0128. The molecule has 0 bridgehead atoms. The van der Waals surface area contributed by atoms with Crippen LogP contribution < -0.4 is 0 Å². The van der Waals surface area contributed by atoms with Gasteiger partial charge < -0.3 is 9.52 Å². The van der Waals surface area contributed by atoms with Crippen LogP contribution in [0.5, 0.6) is 0 Å². The van der Waals surface area contributed by atoms with Crippen LogP contribution in [0.3, 0.4) is 0 Å². The molecule has 1 N–H and O–H groups in total. The summed E-state index contributed by atoms with van der Waals surface area (Å²) in [7, 11) is 0. The summed E-state index contributed by atoms with van der Waals surface area (Å²) >= 11 is 0. The first kappa shape index (κ1) is 11.3. The number of hydrogen-bond acceptors (Lipinski definition) is 2. The smallest absolute Gasteiger partial charge is 0.133 e. The van der Waals surface area contributed by atoms with E-state index < -0.39 is 6.10 Å². The number of aryl methyl sites for hydroxylation is 1. The van der Waals surface area contributed by atoms with Crippen LogP contribution in [0.25, 0.3) is 0 Å². The molecule has 0 aliphatic carbocycles. The standard InChI is InChI=1S/C12H20O2/c1-5-12(4,6-2)11(13)10-8-7-9(3)14-10/h7-8,11,13H,5-6H2,1-4H3. The highest BCUT2D eigenvalue weighted by Gasteiger charge is 2.32. The third-order valence-electron chi connectivity index (χ3n) is 3.31. The van der Waals surface area contributed by atoms with E-state index in [4.69, 9.17) is 4.42 Å². The highest BCUT2D eigenvalue weighted by Crippen LogP contribution is 2.39. The maximum atomic E-state index is 10.2. The van der Waals surface area contributed by atoms with Crippen LogP contribution in [-0.2, 0) is 0 Å². The van der Waals surface area contributed by atoms with Crippen LogP contribution in [0, 0.1) is 12.3 Å². The molecule has 1 atom stereocenters. The molecule has 1 rings (SSSR count). The van der Waals surface area contributed by atoms with Crippen molar-refractivity contribution in [2.45, 2.75) is 46.6 Å². The third-order valence-corrected chi connectivity index (χ3v) is 3.31. The van der Waals surface area contributed by atoms with E-state index in [0.717, 1.165) is 18.6 Å². The van der Waals surface area contributed by atoms with Crippen molar-refractivity contribution in [2.24, 2.45) is 5.41 Å². The van der Waals surface area contributed by atoms with Crippen LogP contribution in [0.2, 0.25) is 0 Å². The molecule has 14 heavy (non-hydrogen) atoms. The molecule has 0 fully saturated rings. The summed E-state index contributed by atoms with van der Waals surface area (Å²) in [6, 6.07) is 3.76. The predicted octanol–water partition coefficient (Wildman–Crippen LogP) is 3.45. The van der Waals surface area contributed by atoms with Gasteiger partial charge in [0.25, 0.3) is 0 Å². The number of rotatable bonds is 4. The van der Waals surface area contributed by atoms with Crippen LogP contribution in [-0.4, -0.2) is 5.11 Å². The molecular weight excluding hydrogens is 176 g/mol. The molecule has 80 valence electrons. The Bertz CT molecular complexity index is 284. The Balaban J connectivity index is 2.88. The highest BCUT2D eigenvalue weighted by atomic mass is 16.4. The van der Waals surface area contributed by atoms with Crippen LogP contribution >= 0.6 is 0 Å². The monoisotopic (exact) mass is 196 g/mol. The van der Waals surface area contributed by atoms with Gasteiger partial charge in [0, 0.05) is 5.41 Å². The van der Waals surface area contributed by atoms with Gasteiger partial charge in [0.2, 0.25) is 0 Å². The molecule has 2 heteroatoms. The van der Waals surface area contributed by atoms with Crippen LogP contribution in [0.1, 0.15) is 51.2 Å². The quantitative estimate of drug-likeness (QED) is 0.800. The first-order chi connectivity index (χ1) is 6.53. The Labute approximate surface area is 85.9 Å². The Hall–Kier alpha value is -0.760. The average Bonchev–Trinajstić information content (AvgIpc) is 2.62. The average molecular weight is 196 g/mol. The second kappa shape index (κ2) is 4.18. The molecule has 0 amide bonds. The predicted molar refractivity (Wildman–Crippen MR) is 57.1 cm³/mol. The van der Waals surface area contributed by atoms with E-state index in [1.807, 2.05) is 19.1 Å². The summed E-state index contributed by atoms with van der Waals surface area (Å²) in [5.74, 6) is 1.54. The molecular formula is C12H20O2. The maximum absolute atomic E-state index is 10.2. The Kier molecular flexibility index (Phi) is 3.38. The Morgan fingerprint density at radius 1 is 1.36 bits per heavy atom. The number of furan rings is 1. The molecule has 1 aromatic heterocycles. The van der Waals surface area contributed by atoms with E-state index in [1.54, 1.807) is 0 Å². The summed E-state index contributed by atoms with van der Waals surface area (Å²) in [6.45, 7) is 8.19. The zero-order chi connectivity index (χ0) is 10.8. The zero-order valence-electron chi connectivity index (χ0n) is 9.50. The van der Waals surface area contributed by atoms with E-state index in [9.17, 15) is 5.11 Å². The topological polar surface area (TPSA) is 33.4 Å². The van der Waals surface area contributed by atoms with Gasteiger partial charge in [-0.15, -0.1) is 0 Å². The number of hydrogen-bond donors (Lipinski definition) is 1. The zero-order valence-corrected chi connectivity index (χ0v) is 9.50. The summed E-state index contributed by atoms with van der Waals surface area (Å²) in [5.41, 5.74) is -0.0791. The van der Waals surface area contributed by atoms with Gasteiger partial charge in [0.15, 0.2) is 0 Å². The molecule has 0 spiro atoms. The fourth-order valence-corrected chi connectivity index (χ4v) is 1.58. The summed E-state index contributed by atoms with van der Waals surface area (Å²) in [6.07, 6.45) is 1.40. The van der Waals surface area contributed by atoms with Crippen molar-refractivity contribution in [2.75, 3.05) is 0 Å². The summed E-state index contributed by atoms with van der Waals surface area (Å²) < 4.78 is 5.45. The van der Waals surface area contributed by atoms with Gasteiger partial charge in [-0.25, -0.2) is 0 Å². The fourth-order valence-electron chi connectivity index (χ4n) is 1.58. The normalized spacial score (nSPS) is 14.4. The lowest BCUT2D eigenvalue weighted by Gasteiger charge is -2.31. The van der Waals surface area contributed by atoms with E-state index in [0.29, 0.717) is 5.76 Å². The van der Waals surface area contributed by atoms with Gasteiger partial charge in [-0.2, -0.15) is 0 Å². The minimum absolute atomic E-state index is 0.0791. The van der Waals surface area contributed by atoms with Gasteiger partial charge in [-0.05, 0) is 31.9 Å². The van der Waals surface area contributed by atoms with Crippen molar-refractivity contribution >= 4 is 0 Å². The number of aliphatic hydroxyl groups is 1. The van der Waals surface area contributed by atoms with E-state index >= 15 is 0 Å². The van der Waals surface area contributed by atoms with Gasteiger partial charge in [0.1, 0.15) is 17.6 Å². The van der Waals surface area contributed by atoms with Crippen molar-refractivity contribution in [1.82, 2.24) is 0 Å². The van der Waals surface area contributed by atoms with Crippen molar-refractivity contribution < 1.29 is 9.52 Å².